The number of likely N-dealkylation sites (tertiary alicyclic amines) is 1. The molecular weight excluding hydrogens is 288 g/mol. The molecule has 0 bridgehead atoms. The molecule has 2 fully saturated rings. The fourth-order valence-corrected chi connectivity index (χ4v) is 5.33. The molecule has 3 heteroatoms. The number of piperidine rings is 1. The maximum atomic E-state index is 6.76. The van der Waals surface area contributed by atoms with Crippen molar-refractivity contribution in [2.45, 2.75) is 97.2 Å². The van der Waals surface area contributed by atoms with Crippen molar-refractivity contribution in [2.75, 3.05) is 0 Å². The van der Waals surface area contributed by atoms with Crippen LogP contribution in [0.15, 0.2) is 0 Å². The zero-order valence-electron chi connectivity index (χ0n) is 15.3. The summed E-state index contributed by atoms with van der Waals surface area (Å²) in [4.78, 5) is 3.74. The molecule has 0 amide bonds. The van der Waals surface area contributed by atoms with Crippen molar-refractivity contribution in [1.29, 1.82) is 0 Å². The number of nitrogens with zero attached hydrogens (tertiary/aromatic N) is 1. The highest BCUT2D eigenvalue weighted by Gasteiger charge is 2.39. The molecule has 1 saturated carbocycles. The van der Waals surface area contributed by atoms with Crippen LogP contribution in [0.5, 0.6) is 0 Å². The fourth-order valence-electron chi connectivity index (χ4n) is 4.87. The standard InChI is InChI=1S/C19H36N2S/c1-13(2)15-7-6-8-17-16(12-19(5,20)11-15)9-10-18(22)21(17)14(3)4/h13-17H,6-12,20H2,1-5H3. The van der Waals surface area contributed by atoms with E-state index in [1.54, 1.807) is 0 Å². The fraction of sp³-hybridized carbons (Fsp3) is 0.947. The predicted molar refractivity (Wildman–Crippen MR) is 100 cm³/mol. The molecule has 1 aliphatic carbocycles. The van der Waals surface area contributed by atoms with Crippen molar-refractivity contribution in [2.24, 2.45) is 23.5 Å². The summed E-state index contributed by atoms with van der Waals surface area (Å²) in [5.41, 5.74) is 6.73. The molecule has 2 N–H and O–H groups in total. The molecule has 0 aromatic heterocycles. The van der Waals surface area contributed by atoms with E-state index in [9.17, 15) is 0 Å². The van der Waals surface area contributed by atoms with Gasteiger partial charge in [0.05, 0.1) is 4.99 Å². The summed E-state index contributed by atoms with van der Waals surface area (Å²) >= 11 is 5.70. The van der Waals surface area contributed by atoms with E-state index in [0.717, 1.165) is 30.6 Å². The maximum Gasteiger partial charge on any atom is 0.0784 e. The molecule has 0 aromatic carbocycles. The van der Waals surface area contributed by atoms with Crippen LogP contribution in [0, 0.1) is 17.8 Å². The second-order valence-corrected chi connectivity index (χ2v) is 9.23. The first-order valence-corrected chi connectivity index (χ1v) is 9.72. The van der Waals surface area contributed by atoms with E-state index in [4.69, 9.17) is 18.0 Å². The van der Waals surface area contributed by atoms with Crippen molar-refractivity contribution >= 4 is 17.2 Å². The normalized spacial score (nSPS) is 37.7. The third-order valence-corrected chi connectivity index (χ3v) is 6.36. The summed E-state index contributed by atoms with van der Waals surface area (Å²) in [6.07, 6.45) is 8.61. The Labute approximate surface area is 143 Å². The van der Waals surface area contributed by atoms with Crippen LogP contribution < -0.4 is 5.73 Å². The molecule has 0 radical (unpaired) electrons. The minimum absolute atomic E-state index is 0.0240. The molecule has 0 spiro atoms. The lowest BCUT2D eigenvalue weighted by Crippen LogP contribution is -2.53. The van der Waals surface area contributed by atoms with Crippen LogP contribution in [0.4, 0.5) is 0 Å². The van der Waals surface area contributed by atoms with Crippen LogP contribution in [0.1, 0.15) is 79.6 Å². The van der Waals surface area contributed by atoms with Gasteiger partial charge in [-0.2, -0.15) is 0 Å². The average Bonchev–Trinajstić information content (AvgIpc) is 2.45. The first-order chi connectivity index (χ1) is 10.2. The second-order valence-electron chi connectivity index (χ2n) is 8.76. The van der Waals surface area contributed by atoms with Crippen LogP contribution in [0.25, 0.3) is 0 Å². The summed E-state index contributed by atoms with van der Waals surface area (Å²) in [6.45, 7) is 11.6. The molecule has 4 atom stereocenters. The lowest BCUT2D eigenvalue weighted by Gasteiger charge is -2.47. The molecule has 22 heavy (non-hydrogen) atoms. The van der Waals surface area contributed by atoms with E-state index in [0.29, 0.717) is 12.1 Å². The SMILES string of the molecule is CC(C)C1CCCC2C(CCC(=S)N2C(C)C)CC(C)(N)C1. The largest absolute Gasteiger partial charge is 0.360 e. The van der Waals surface area contributed by atoms with Crippen molar-refractivity contribution in [3.63, 3.8) is 0 Å². The first-order valence-electron chi connectivity index (χ1n) is 9.31. The van der Waals surface area contributed by atoms with Gasteiger partial charge in [-0.05, 0) is 70.6 Å². The summed E-state index contributed by atoms with van der Waals surface area (Å²) in [7, 11) is 0. The molecule has 1 heterocycles. The van der Waals surface area contributed by atoms with Gasteiger partial charge in [-0.3, -0.25) is 0 Å². The van der Waals surface area contributed by atoms with Crippen molar-refractivity contribution in [3.05, 3.63) is 0 Å². The summed E-state index contributed by atoms with van der Waals surface area (Å²) in [6, 6.07) is 1.14. The van der Waals surface area contributed by atoms with E-state index in [1.807, 2.05) is 0 Å². The number of thiocarbonyl (C=S) groups is 1. The van der Waals surface area contributed by atoms with E-state index in [2.05, 4.69) is 39.5 Å². The van der Waals surface area contributed by atoms with Crippen LogP contribution in [0.3, 0.4) is 0 Å². The van der Waals surface area contributed by atoms with E-state index >= 15 is 0 Å². The van der Waals surface area contributed by atoms with Crippen LogP contribution >= 0.6 is 12.2 Å². The van der Waals surface area contributed by atoms with Crippen molar-refractivity contribution in [3.8, 4) is 0 Å². The smallest absolute Gasteiger partial charge is 0.0784 e. The number of hydrogen-bond acceptors (Lipinski definition) is 2. The van der Waals surface area contributed by atoms with Crippen LogP contribution in [0.2, 0.25) is 0 Å². The predicted octanol–water partition coefficient (Wildman–Crippen LogP) is 4.76. The van der Waals surface area contributed by atoms with Crippen molar-refractivity contribution < 1.29 is 0 Å². The van der Waals surface area contributed by atoms with E-state index < -0.39 is 0 Å². The number of hydrogen-bond donors (Lipinski definition) is 1. The monoisotopic (exact) mass is 324 g/mol. The summed E-state index contributed by atoms with van der Waals surface area (Å²) < 4.78 is 0. The Morgan fingerprint density at radius 1 is 1.14 bits per heavy atom. The molecule has 2 aliphatic rings. The molecule has 1 aliphatic heterocycles. The first kappa shape index (κ1) is 18.2. The topological polar surface area (TPSA) is 29.3 Å². The number of nitrogens with two attached hydrogens (primary N) is 1. The van der Waals surface area contributed by atoms with Crippen LogP contribution in [-0.2, 0) is 0 Å². The number of rotatable bonds is 2. The summed E-state index contributed by atoms with van der Waals surface area (Å²) in [5.74, 6) is 2.23. The molecule has 2 rings (SSSR count). The number of fused-ring (bicyclic) bond motifs is 1. The highest BCUT2D eigenvalue weighted by molar-refractivity contribution is 7.80. The summed E-state index contributed by atoms with van der Waals surface area (Å²) in [5, 5.41) is 0. The Kier molecular flexibility index (Phi) is 5.93. The molecule has 1 saturated heterocycles. The Hall–Kier alpha value is -0.150. The van der Waals surface area contributed by atoms with Gasteiger partial charge < -0.3 is 10.6 Å². The van der Waals surface area contributed by atoms with Gasteiger partial charge in [-0.1, -0.05) is 38.9 Å². The Morgan fingerprint density at radius 3 is 2.41 bits per heavy atom. The third-order valence-electron chi connectivity index (χ3n) is 5.95. The van der Waals surface area contributed by atoms with Crippen molar-refractivity contribution in [1.82, 2.24) is 4.90 Å². The van der Waals surface area contributed by atoms with E-state index in [1.165, 1.54) is 37.1 Å². The quantitative estimate of drug-likeness (QED) is 0.743. The van der Waals surface area contributed by atoms with E-state index in [-0.39, 0.29) is 5.54 Å². The highest BCUT2D eigenvalue weighted by atomic mass is 32.1. The molecule has 128 valence electrons. The molecule has 0 aromatic rings. The van der Waals surface area contributed by atoms with Gasteiger partial charge in [0.2, 0.25) is 0 Å². The minimum atomic E-state index is -0.0240. The zero-order valence-corrected chi connectivity index (χ0v) is 16.1. The minimum Gasteiger partial charge on any atom is -0.360 e. The third kappa shape index (κ3) is 4.23. The average molecular weight is 325 g/mol. The van der Waals surface area contributed by atoms with Gasteiger partial charge in [0, 0.05) is 17.6 Å². The maximum absolute atomic E-state index is 6.76. The van der Waals surface area contributed by atoms with Gasteiger partial charge >= 0.3 is 0 Å². The van der Waals surface area contributed by atoms with Gasteiger partial charge in [0.1, 0.15) is 0 Å². The Bertz CT molecular complexity index is 389. The van der Waals surface area contributed by atoms with Gasteiger partial charge in [0.25, 0.3) is 0 Å². The Balaban J connectivity index is 2.22. The van der Waals surface area contributed by atoms with Gasteiger partial charge in [-0.15, -0.1) is 0 Å². The molecule has 4 unspecified atom stereocenters. The molecule has 2 nitrogen and oxygen atoms in total. The second kappa shape index (κ2) is 7.17. The highest BCUT2D eigenvalue weighted by Crippen LogP contribution is 2.40. The lowest BCUT2D eigenvalue weighted by atomic mass is 9.75. The zero-order chi connectivity index (χ0) is 16.5. The van der Waals surface area contributed by atoms with Crippen LogP contribution in [-0.4, -0.2) is 27.5 Å². The molecular formula is C19H36N2S. The van der Waals surface area contributed by atoms with Gasteiger partial charge in [-0.25, -0.2) is 0 Å². The van der Waals surface area contributed by atoms with Gasteiger partial charge in [0.15, 0.2) is 0 Å². The lowest BCUT2D eigenvalue weighted by molar-refractivity contribution is 0.128. The Morgan fingerprint density at radius 2 is 1.82 bits per heavy atom.